The fraction of sp³-hybridized carbons (Fsp3) is 0.250. The zero-order valence-corrected chi connectivity index (χ0v) is 10.5. The second-order valence-corrected chi connectivity index (χ2v) is 4.51. The lowest BCUT2D eigenvalue weighted by atomic mass is 10.0. The zero-order chi connectivity index (χ0) is 12.1. The van der Waals surface area contributed by atoms with Crippen LogP contribution in [-0.2, 0) is 13.0 Å². The summed E-state index contributed by atoms with van der Waals surface area (Å²) >= 11 is 0. The highest BCUT2D eigenvalue weighted by atomic mass is 14.8. The first-order valence-corrected chi connectivity index (χ1v) is 6.06. The van der Waals surface area contributed by atoms with Crippen molar-refractivity contribution in [2.75, 3.05) is 7.05 Å². The van der Waals surface area contributed by atoms with Gasteiger partial charge in [-0.05, 0) is 37.1 Å². The molecule has 2 aromatic rings. The van der Waals surface area contributed by atoms with Gasteiger partial charge >= 0.3 is 0 Å². The molecule has 0 amide bonds. The first-order valence-electron chi connectivity index (χ1n) is 6.06. The lowest BCUT2D eigenvalue weighted by Crippen LogP contribution is -2.05. The Balaban J connectivity index is 2.12. The topological polar surface area (TPSA) is 12.0 Å². The fourth-order valence-corrected chi connectivity index (χ4v) is 2.00. The van der Waals surface area contributed by atoms with Gasteiger partial charge in [-0.15, -0.1) is 0 Å². The molecule has 1 N–H and O–H groups in total. The van der Waals surface area contributed by atoms with E-state index in [2.05, 4.69) is 60.8 Å². The molecule has 0 aliphatic heterocycles. The van der Waals surface area contributed by atoms with Gasteiger partial charge in [0.2, 0.25) is 0 Å². The molecule has 0 aliphatic rings. The van der Waals surface area contributed by atoms with Crippen LogP contribution >= 0.6 is 0 Å². The van der Waals surface area contributed by atoms with Crippen LogP contribution in [0.15, 0.2) is 48.5 Å². The van der Waals surface area contributed by atoms with Crippen LogP contribution in [0.4, 0.5) is 0 Å². The van der Waals surface area contributed by atoms with E-state index in [0.717, 1.165) is 13.0 Å². The average Bonchev–Trinajstić information content (AvgIpc) is 2.33. The summed E-state index contributed by atoms with van der Waals surface area (Å²) in [6.45, 7) is 3.05. The molecule has 0 unspecified atom stereocenters. The number of hydrogen-bond donors (Lipinski definition) is 1. The molecule has 1 nitrogen and oxygen atoms in total. The average molecular weight is 225 g/mol. The standard InChI is InChI=1S/C16H19N/c1-13-6-8-14(9-7-13)10-15-4-3-5-16(11-15)12-17-2/h3-9,11,17H,10,12H2,1-2H3. The highest BCUT2D eigenvalue weighted by molar-refractivity contribution is 5.30. The van der Waals surface area contributed by atoms with Gasteiger partial charge in [-0.25, -0.2) is 0 Å². The molecule has 0 spiro atoms. The van der Waals surface area contributed by atoms with Gasteiger partial charge in [-0.2, -0.15) is 0 Å². The zero-order valence-electron chi connectivity index (χ0n) is 10.5. The van der Waals surface area contributed by atoms with Crippen molar-refractivity contribution in [3.05, 3.63) is 70.8 Å². The highest BCUT2D eigenvalue weighted by Gasteiger charge is 1.98. The normalized spacial score (nSPS) is 10.5. The van der Waals surface area contributed by atoms with E-state index in [0.29, 0.717) is 0 Å². The molecule has 0 radical (unpaired) electrons. The quantitative estimate of drug-likeness (QED) is 0.841. The van der Waals surface area contributed by atoms with Gasteiger partial charge in [0.25, 0.3) is 0 Å². The van der Waals surface area contributed by atoms with Crippen LogP contribution in [0.25, 0.3) is 0 Å². The SMILES string of the molecule is CNCc1cccc(Cc2ccc(C)cc2)c1. The van der Waals surface area contributed by atoms with E-state index >= 15 is 0 Å². The molecule has 0 heterocycles. The summed E-state index contributed by atoms with van der Waals surface area (Å²) in [5, 5.41) is 3.18. The third-order valence-electron chi connectivity index (χ3n) is 2.90. The molecule has 17 heavy (non-hydrogen) atoms. The minimum absolute atomic E-state index is 0.932. The second-order valence-electron chi connectivity index (χ2n) is 4.51. The van der Waals surface area contributed by atoms with E-state index in [1.54, 1.807) is 0 Å². The van der Waals surface area contributed by atoms with Gasteiger partial charge in [-0.1, -0.05) is 54.1 Å². The largest absolute Gasteiger partial charge is 0.316 e. The predicted octanol–water partition coefficient (Wildman–Crippen LogP) is 3.31. The summed E-state index contributed by atoms with van der Waals surface area (Å²) in [5.41, 5.74) is 5.41. The Hall–Kier alpha value is -1.60. The van der Waals surface area contributed by atoms with Crippen molar-refractivity contribution in [3.8, 4) is 0 Å². The summed E-state index contributed by atoms with van der Waals surface area (Å²) in [4.78, 5) is 0. The summed E-state index contributed by atoms with van der Waals surface area (Å²) in [7, 11) is 1.98. The maximum atomic E-state index is 3.18. The summed E-state index contributed by atoms with van der Waals surface area (Å²) < 4.78 is 0. The van der Waals surface area contributed by atoms with Gasteiger partial charge in [0.1, 0.15) is 0 Å². The van der Waals surface area contributed by atoms with Gasteiger partial charge in [0.05, 0.1) is 0 Å². The summed E-state index contributed by atoms with van der Waals surface area (Å²) in [5.74, 6) is 0. The molecule has 88 valence electrons. The van der Waals surface area contributed by atoms with E-state index < -0.39 is 0 Å². The van der Waals surface area contributed by atoms with Crippen LogP contribution in [-0.4, -0.2) is 7.05 Å². The maximum Gasteiger partial charge on any atom is 0.0202 e. The third-order valence-corrected chi connectivity index (χ3v) is 2.90. The highest BCUT2D eigenvalue weighted by Crippen LogP contribution is 2.12. The van der Waals surface area contributed by atoms with Crippen molar-refractivity contribution in [2.24, 2.45) is 0 Å². The molecule has 0 fully saturated rings. The van der Waals surface area contributed by atoms with Crippen LogP contribution in [0.3, 0.4) is 0 Å². The molecule has 2 aromatic carbocycles. The Labute approximate surface area is 103 Å². The van der Waals surface area contributed by atoms with Crippen molar-refractivity contribution in [1.29, 1.82) is 0 Å². The second kappa shape index (κ2) is 5.65. The molecule has 0 aliphatic carbocycles. The van der Waals surface area contributed by atoms with Crippen molar-refractivity contribution < 1.29 is 0 Å². The smallest absolute Gasteiger partial charge is 0.0202 e. The van der Waals surface area contributed by atoms with E-state index in [-0.39, 0.29) is 0 Å². The molecule has 0 saturated carbocycles. The Kier molecular flexibility index (Phi) is 3.94. The number of benzene rings is 2. The molecule has 2 rings (SSSR count). The van der Waals surface area contributed by atoms with Crippen LogP contribution in [0.2, 0.25) is 0 Å². The van der Waals surface area contributed by atoms with Crippen molar-refractivity contribution in [2.45, 2.75) is 19.9 Å². The molecule has 0 atom stereocenters. The van der Waals surface area contributed by atoms with Crippen molar-refractivity contribution >= 4 is 0 Å². The Morgan fingerprint density at radius 1 is 0.882 bits per heavy atom. The third kappa shape index (κ3) is 3.43. The lowest BCUT2D eigenvalue weighted by molar-refractivity contribution is 0.816. The van der Waals surface area contributed by atoms with Gasteiger partial charge in [-0.3, -0.25) is 0 Å². The lowest BCUT2D eigenvalue weighted by Gasteiger charge is -2.05. The minimum Gasteiger partial charge on any atom is -0.316 e. The summed E-state index contributed by atoms with van der Waals surface area (Å²) in [6.07, 6.45) is 1.01. The number of hydrogen-bond acceptors (Lipinski definition) is 1. The van der Waals surface area contributed by atoms with Crippen molar-refractivity contribution in [1.82, 2.24) is 5.32 Å². The van der Waals surface area contributed by atoms with Gasteiger partial charge in [0, 0.05) is 6.54 Å². The number of nitrogens with one attached hydrogen (secondary N) is 1. The minimum atomic E-state index is 0.932. The molecule has 0 aromatic heterocycles. The predicted molar refractivity (Wildman–Crippen MR) is 73.2 cm³/mol. The van der Waals surface area contributed by atoms with E-state index in [9.17, 15) is 0 Å². The molecule has 1 heteroatoms. The molecule has 0 saturated heterocycles. The van der Waals surface area contributed by atoms with E-state index in [1.165, 1.54) is 22.3 Å². The Morgan fingerprint density at radius 3 is 2.29 bits per heavy atom. The first-order chi connectivity index (χ1) is 8.28. The van der Waals surface area contributed by atoms with Crippen LogP contribution in [0, 0.1) is 6.92 Å². The van der Waals surface area contributed by atoms with E-state index in [1.807, 2.05) is 7.05 Å². The van der Waals surface area contributed by atoms with E-state index in [4.69, 9.17) is 0 Å². The molecular formula is C16H19N. The van der Waals surface area contributed by atoms with Gasteiger partial charge in [0.15, 0.2) is 0 Å². The molecular weight excluding hydrogens is 206 g/mol. The van der Waals surface area contributed by atoms with Crippen molar-refractivity contribution in [3.63, 3.8) is 0 Å². The first kappa shape index (κ1) is 11.9. The van der Waals surface area contributed by atoms with Gasteiger partial charge < -0.3 is 5.32 Å². The monoisotopic (exact) mass is 225 g/mol. The molecule has 0 bridgehead atoms. The van der Waals surface area contributed by atoms with Crippen LogP contribution < -0.4 is 5.32 Å². The van der Waals surface area contributed by atoms with Crippen LogP contribution in [0.5, 0.6) is 0 Å². The Morgan fingerprint density at radius 2 is 1.59 bits per heavy atom. The Bertz CT molecular complexity index is 471. The number of rotatable bonds is 4. The number of aryl methyl sites for hydroxylation is 1. The fourth-order valence-electron chi connectivity index (χ4n) is 2.00. The maximum absolute atomic E-state index is 3.18. The van der Waals surface area contributed by atoms with Crippen LogP contribution in [0.1, 0.15) is 22.3 Å². The summed E-state index contributed by atoms with van der Waals surface area (Å²) in [6, 6.07) is 17.5.